The van der Waals surface area contributed by atoms with Gasteiger partial charge < -0.3 is 10.1 Å². The van der Waals surface area contributed by atoms with Gasteiger partial charge in [-0.1, -0.05) is 6.92 Å². The van der Waals surface area contributed by atoms with Crippen LogP contribution in [0.25, 0.3) is 0 Å². The van der Waals surface area contributed by atoms with Crippen LogP contribution in [0.15, 0.2) is 11.4 Å². The number of nitrogens with one attached hydrogen (secondary N) is 1. The van der Waals surface area contributed by atoms with Crippen molar-refractivity contribution in [2.24, 2.45) is 0 Å². The second-order valence-corrected chi connectivity index (χ2v) is 4.19. The molecule has 0 saturated heterocycles. The van der Waals surface area contributed by atoms with E-state index in [-0.39, 0.29) is 0 Å². The van der Waals surface area contributed by atoms with Gasteiger partial charge in [0.15, 0.2) is 0 Å². The van der Waals surface area contributed by atoms with Crippen LogP contribution in [0.5, 0.6) is 0 Å². The van der Waals surface area contributed by atoms with Gasteiger partial charge in [-0.2, -0.15) is 0 Å². The summed E-state index contributed by atoms with van der Waals surface area (Å²) in [6, 6.07) is 2.52. The average Bonchev–Trinajstić information content (AvgIpc) is 2.59. The van der Waals surface area contributed by atoms with Gasteiger partial charge in [0.2, 0.25) is 0 Å². The van der Waals surface area contributed by atoms with E-state index in [1.165, 1.54) is 10.4 Å². The average molecular weight is 213 g/mol. The summed E-state index contributed by atoms with van der Waals surface area (Å²) < 4.78 is 5.47. The van der Waals surface area contributed by atoms with Crippen LogP contribution in [0.2, 0.25) is 0 Å². The minimum Gasteiger partial charge on any atom is -0.380 e. The van der Waals surface area contributed by atoms with Crippen LogP contribution in [-0.2, 0) is 4.74 Å². The van der Waals surface area contributed by atoms with Crippen molar-refractivity contribution in [2.45, 2.75) is 26.8 Å². The van der Waals surface area contributed by atoms with E-state index in [4.69, 9.17) is 4.74 Å². The fourth-order valence-electron chi connectivity index (χ4n) is 1.45. The van der Waals surface area contributed by atoms with Crippen LogP contribution in [0.3, 0.4) is 0 Å². The SMILES string of the molecule is CCNC(COCC)c1sccc1C. The molecule has 0 aromatic carbocycles. The van der Waals surface area contributed by atoms with Crippen molar-refractivity contribution in [1.82, 2.24) is 5.32 Å². The third-order valence-corrected chi connectivity index (χ3v) is 3.29. The van der Waals surface area contributed by atoms with E-state index in [9.17, 15) is 0 Å². The highest BCUT2D eigenvalue weighted by Crippen LogP contribution is 2.23. The van der Waals surface area contributed by atoms with Crippen LogP contribution < -0.4 is 5.32 Å². The van der Waals surface area contributed by atoms with Crippen molar-refractivity contribution < 1.29 is 4.74 Å². The fourth-order valence-corrected chi connectivity index (χ4v) is 2.44. The minimum absolute atomic E-state index is 0.361. The molecule has 0 radical (unpaired) electrons. The van der Waals surface area contributed by atoms with E-state index in [2.05, 4.69) is 30.6 Å². The highest BCUT2D eigenvalue weighted by Gasteiger charge is 2.13. The van der Waals surface area contributed by atoms with Crippen LogP contribution in [0.1, 0.15) is 30.3 Å². The summed E-state index contributed by atoms with van der Waals surface area (Å²) in [6.07, 6.45) is 0. The second kappa shape index (κ2) is 6.17. The van der Waals surface area contributed by atoms with Crippen molar-refractivity contribution >= 4 is 11.3 Å². The summed E-state index contributed by atoms with van der Waals surface area (Å²) in [5, 5.41) is 5.59. The number of aryl methyl sites for hydroxylation is 1. The number of ether oxygens (including phenoxy) is 1. The zero-order valence-corrected chi connectivity index (χ0v) is 9.99. The molecular weight excluding hydrogens is 194 g/mol. The lowest BCUT2D eigenvalue weighted by Gasteiger charge is -2.17. The first-order valence-electron chi connectivity index (χ1n) is 5.14. The molecule has 0 bridgehead atoms. The number of thiophene rings is 1. The molecule has 80 valence electrons. The highest BCUT2D eigenvalue weighted by molar-refractivity contribution is 7.10. The molecule has 14 heavy (non-hydrogen) atoms. The molecule has 0 aliphatic rings. The lowest BCUT2D eigenvalue weighted by molar-refractivity contribution is 0.124. The fraction of sp³-hybridized carbons (Fsp3) is 0.636. The Hall–Kier alpha value is -0.380. The van der Waals surface area contributed by atoms with Gasteiger partial charge in [-0.15, -0.1) is 11.3 Å². The Morgan fingerprint density at radius 1 is 1.50 bits per heavy atom. The zero-order chi connectivity index (χ0) is 10.4. The summed E-state index contributed by atoms with van der Waals surface area (Å²) in [4.78, 5) is 1.40. The van der Waals surface area contributed by atoms with E-state index in [0.717, 1.165) is 19.8 Å². The maximum atomic E-state index is 5.47. The normalized spacial score (nSPS) is 13.1. The van der Waals surface area contributed by atoms with E-state index >= 15 is 0 Å². The Kier molecular flexibility index (Phi) is 5.15. The van der Waals surface area contributed by atoms with E-state index in [0.29, 0.717) is 6.04 Å². The summed E-state index contributed by atoms with van der Waals surface area (Å²) in [6.45, 7) is 8.85. The first-order chi connectivity index (χ1) is 6.79. The van der Waals surface area contributed by atoms with Crippen molar-refractivity contribution in [3.05, 3.63) is 21.9 Å². The van der Waals surface area contributed by atoms with Gasteiger partial charge in [0.1, 0.15) is 0 Å². The molecule has 1 unspecified atom stereocenters. The lowest BCUT2D eigenvalue weighted by atomic mass is 10.2. The molecule has 2 nitrogen and oxygen atoms in total. The molecule has 3 heteroatoms. The van der Waals surface area contributed by atoms with Gasteiger partial charge in [-0.25, -0.2) is 0 Å². The van der Waals surface area contributed by atoms with Crippen LogP contribution in [0, 0.1) is 6.92 Å². The van der Waals surface area contributed by atoms with Crippen molar-refractivity contribution in [2.75, 3.05) is 19.8 Å². The Bertz CT molecular complexity index is 260. The van der Waals surface area contributed by atoms with Gasteiger partial charge in [-0.05, 0) is 37.4 Å². The molecule has 1 atom stereocenters. The standard InChI is InChI=1S/C11H19NOS/c1-4-12-10(8-13-5-2)11-9(3)6-7-14-11/h6-7,10,12H,4-5,8H2,1-3H3. The Labute approximate surface area is 90.3 Å². The third kappa shape index (κ3) is 3.08. The molecule has 1 aromatic heterocycles. The molecule has 0 aliphatic heterocycles. The molecule has 1 N–H and O–H groups in total. The molecule has 0 saturated carbocycles. The minimum atomic E-state index is 0.361. The van der Waals surface area contributed by atoms with Crippen LogP contribution >= 0.6 is 11.3 Å². The van der Waals surface area contributed by atoms with Gasteiger partial charge in [0.25, 0.3) is 0 Å². The first kappa shape index (κ1) is 11.7. The maximum absolute atomic E-state index is 5.47. The van der Waals surface area contributed by atoms with Gasteiger partial charge in [-0.3, -0.25) is 0 Å². The molecular formula is C11H19NOS. The van der Waals surface area contributed by atoms with E-state index in [1.54, 1.807) is 11.3 Å². The van der Waals surface area contributed by atoms with Gasteiger partial charge in [0, 0.05) is 11.5 Å². The summed E-state index contributed by atoms with van der Waals surface area (Å²) >= 11 is 1.81. The smallest absolute Gasteiger partial charge is 0.0669 e. The van der Waals surface area contributed by atoms with Crippen LogP contribution in [0.4, 0.5) is 0 Å². The Morgan fingerprint density at radius 2 is 2.29 bits per heavy atom. The molecule has 1 heterocycles. The van der Waals surface area contributed by atoms with Crippen LogP contribution in [-0.4, -0.2) is 19.8 Å². The Morgan fingerprint density at radius 3 is 2.79 bits per heavy atom. The molecule has 0 fully saturated rings. The van der Waals surface area contributed by atoms with Gasteiger partial charge in [0.05, 0.1) is 12.6 Å². The predicted molar refractivity (Wildman–Crippen MR) is 62.0 cm³/mol. The number of hydrogen-bond donors (Lipinski definition) is 1. The second-order valence-electron chi connectivity index (χ2n) is 3.24. The van der Waals surface area contributed by atoms with Crippen molar-refractivity contribution in [3.63, 3.8) is 0 Å². The first-order valence-corrected chi connectivity index (χ1v) is 6.02. The van der Waals surface area contributed by atoms with E-state index < -0.39 is 0 Å². The summed E-state index contributed by atoms with van der Waals surface area (Å²) in [5.41, 5.74) is 1.36. The van der Waals surface area contributed by atoms with Crippen molar-refractivity contribution in [1.29, 1.82) is 0 Å². The monoisotopic (exact) mass is 213 g/mol. The predicted octanol–water partition coefficient (Wildman–Crippen LogP) is 2.74. The molecule has 0 spiro atoms. The lowest BCUT2D eigenvalue weighted by Crippen LogP contribution is -2.25. The number of hydrogen-bond acceptors (Lipinski definition) is 3. The zero-order valence-electron chi connectivity index (χ0n) is 9.17. The Balaban J connectivity index is 2.62. The van der Waals surface area contributed by atoms with Gasteiger partial charge >= 0.3 is 0 Å². The molecule has 1 aromatic rings. The summed E-state index contributed by atoms with van der Waals surface area (Å²) in [5.74, 6) is 0. The molecule has 1 rings (SSSR count). The topological polar surface area (TPSA) is 21.3 Å². The molecule has 0 aliphatic carbocycles. The largest absolute Gasteiger partial charge is 0.380 e. The quantitative estimate of drug-likeness (QED) is 0.784. The van der Waals surface area contributed by atoms with Crippen molar-refractivity contribution in [3.8, 4) is 0 Å². The summed E-state index contributed by atoms with van der Waals surface area (Å²) in [7, 11) is 0. The maximum Gasteiger partial charge on any atom is 0.0669 e. The third-order valence-electron chi connectivity index (χ3n) is 2.16. The number of likely N-dealkylation sites (N-methyl/N-ethyl adjacent to an activating group) is 1. The number of rotatable bonds is 6. The van der Waals surface area contributed by atoms with E-state index in [1.807, 2.05) is 6.92 Å². The highest BCUT2D eigenvalue weighted by atomic mass is 32.1. The molecule has 0 amide bonds.